The van der Waals surface area contributed by atoms with Gasteiger partial charge in [0.1, 0.15) is 10.7 Å². The Hall–Kier alpha value is -1.99. The molecule has 0 aliphatic heterocycles. The number of nitrogen functional groups attached to an aromatic ring is 1. The molecule has 0 fully saturated rings. The van der Waals surface area contributed by atoms with Crippen molar-refractivity contribution in [3.8, 4) is 0 Å². The lowest BCUT2D eigenvalue weighted by molar-refractivity contribution is 0.557. The summed E-state index contributed by atoms with van der Waals surface area (Å²) in [6, 6.07) is 6.85. The van der Waals surface area contributed by atoms with Crippen molar-refractivity contribution in [3.63, 3.8) is 0 Å². The van der Waals surface area contributed by atoms with E-state index in [1.54, 1.807) is 18.3 Å². The Balaban J connectivity index is 2.19. The summed E-state index contributed by atoms with van der Waals surface area (Å²) in [5.74, 6) is -0.876. The molecule has 5 nitrogen and oxygen atoms in total. The van der Waals surface area contributed by atoms with Crippen LogP contribution < -0.4 is 10.5 Å². The summed E-state index contributed by atoms with van der Waals surface area (Å²) in [4.78, 5) is 3.44. The summed E-state index contributed by atoms with van der Waals surface area (Å²) in [6.45, 7) is 0.0417. The summed E-state index contributed by atoms with van der Waals surface area (Å²) in [7, 11) is -3.91. The average molecular weight is 281 g/mol. The Morgan fingerprint density at radius 1 is 1.32 bits per heavy atom. The Morgan fingerprint density at radius 2 is 2.11 bits per heavy atom. The molecule has 100 valence electrons. The number of hydrogen-bond acceptors (Lipinski definition) is 4. The first-order chi connectivity index (χ1) is 8.99. The van der Waals surface area contributed by atoms with Gasteiger partial charge in [0.2, 0.25) is 10.0 Å². The number of nitrogens with zero attached hydrogens (tertiary/aromatic N) is 1. The summed E-state index contributed by atoms with van der Waals surface area (Å²) in [5.41, 5.74) is 6.22. The van der Waals surface area contributed by atoms with Crippen LogP contribution in [-0.2, 0) is 16.6 Å². The minimum atomic E-state index is -3.91. The fourth-order valence-electron chi connectivity index (χ4n) is 1.49. The number of nitrogens with two attached hydrogens (primary N) is 1. The lowest BCUT2D eigenvalue weighted by Gasteiger charge is -2.08. The van der Waals surface area contributed by atoms with Crippen molar-refractivity contribution >= 4 is 15.7 Å². The smallest absolute Gasteiger partial charge is 0.243 e. The molecule has 0 aliphatic rings. The molecule has 0 spiro atoms. The van der Waals surface area contributed by atoms with Gasteiger partial charge in [0.25, 0.3) is 0 Å². The van der Waals surface area contributed by atoms with E-state index in [9.17, 15) is 12.8 Å². The molecule has 0 saturated heterocycles. The predicted molar refractivity (Wildman–Crippen MR) is 69.1 cm³/mol. The molecule has 1 aromatic heterocycles. The van der Waals surface area contributed by atoms with Crippen molar-refractivity contribution < 1.29 is 12.8 Å². The van der Waals surface area contributed by atoms with Gasteiger partial charge in [-0.05, 0) is 29.8 Å². The lowest BCUT2D eigenvalue weighted by Crippen LogP contribution is -2.24. The molecule has 19 heavy (non-hydrogen) atoms. The van der Waals surface area contributed by atoms with E-state index >= 15 is 0 Å². The van der Waals surface area contributed by atoms with E-state index in [1.165, 1.54) is 12.3 Å². The molecule has 0 radical (unpaired) electrons. The highest BCUT2D eigenvalue weighted by atomic mass is 32.2. The first-order valence-corrected chi connectivity index (χ1v) is 6.91. The highest BCUT2D eigenvalue weighted by Gasteiger charge is 2.18. The third-order valence-corrected chi connectivity index (χ3v) is 3.87. The summed E-state index contributed by atoms with van der Waals surface area (Å²) in [6.07, 6.45) is 3.11. The van der Waals surface area contributed by atoms with Gasteiger partial charge < -0.3 is 5.73 Å². The number of anilines is 1. The van der Waals surface area contributed by atoms with Gasteiger partial charge in [-0.3, -0.25) is 4.98 Å². The zero-order chi connectivity index (χ0) is 13.9. The van der Waals surface area contributed by atoms with Crippen LogP contribution in [0.4, 0.5) is 10.1 Å². The van der Waals surface area contributed by atoms with Crippen molar-refractivity contribution in [2.75, 3.05) is 5.73 Å². The second-order valence-corrected chi connectivity index (χ2v) is 5.61. The van der Waals surface area contributed by atoms with Crippen molar-refractivity contribution in [3.05, 3.63) is 54.1 Å². The van der Waals surface area contributed by atoms with Crippen LogP contribution in [0, 0.1) is 5.82 Å². The van der Waals surface area contributed by atoms with Gasteiger partial charge in [-0.15, -0.1) is 0 Å². The quantitative estimate of drug-likeness (QED) is 0.827. The van der Waals surface area contributed by atoms with Gasteiger partial charge in [0.15, 0.2) is 0 Å². The van der Waals surface area contributed by atoms with Crippen LogP contribution in [0.25, 0.3) is 0 Å². The summed E-state index contributed by atoms with van der Waals surface area (Å²) >= 11 is 0. The number of pyridine rings is 1. The van der Waals surface area contributed by atoms with Gasteiger partial charge in [-0.1, -0.05) is 6.07 Å². The molecule has 0 bridgehead atoms. The highest BCUT2D eigenvalue weighted by molar-refractivity contribution is 7.89. The number of benzene rings is 1. The number of nitrogens with one attached hydrogen (secondary N) is 1. The Kier molecular flexibility index (Phi) is 3.77. The highest BCUT2D eigenvalue weighted by Crippen LogP contribution is 2.17. The van der Waals surface area contributed by atoms with Gasteiger partial charge in [0, 0.05) is 24.6 Å². The monoisotopic (exact) mass is 281 g/mol. The van der Waals surface area contributed by atoms with Crippen molar-refractivity contribution in [2.24, 2.45) is 0 Å². The number of sulfonamides is 1. The van der Waals surface area contributed by atoms with E-state index in [0.29, 0.717) is 5.56 Å². The van der Waals surface area contributed by atoms with Gasteiger partial charge >= 0.3 is 0 Å². The molecule has 2 aromatic rings. The van der Waals surface area contributed by atoms with Gasteiger partial charge in [0.05, 0.1) is 0 Å². The number of rotatable bonds is 4. The van der Waals surface area contributed by atoms with Crippen LogP contribution in [0.15, 0.2) is 47.6 Å². The van der Waals surface area contributed by atoms with Crippen molar-refractivity contribution in [2.45, 2.75) is 11.4 Å². The Labute approximate surface area is 110 Å². The van der Waals surface area contributed by atoms with E-state index in [4.69, 9.17) is 5.73 Å². The SMILES string of the molecule is Nc1ccc(S(=O)(=O)NCc2cccnc2)c(F)c1. The van der Waals surface area contributed by atoms with E-state index in [-0.39, 0.29) is 12.2 Å². The molecule has 1 heterocycles. The van der Waals surface area contributed by atoms with Crippen LogP contribution >= 0.6 is 0 Å². The molecule has 0 saturated carbocycles. The standard InChI is InChI=1S/C12H12FN3O2S/c13-11-6-10(14)3-4-12(11)19(17,18)16-8-9-2-1-5-15-7-9/h1-7,16H,8,14H2. The number of halogens is 1. The van der Waals surface area contributed by atoms with Crippen LogP contribution in [0.3, 0.4) is 0 Å². The van der Waals surface area contributed by atoms with Crippen molar-refractivity contribution in [1.29, 1.82) is 0 Å². The zero-order valence-electron chi connectivity index (χ0n) is 9.88. The fraction of sp³-hybridized carbons (Fsp3) is 0.0833. The summed E-state index contributed by atoms with van der Waals surface area (Å²) < 4.78 is 39.7. The summed E-state index contributed by atoms with van der Waals surface area (Å²) in [5, 5.41) is 0. The van der Waals surface area contributed by atoms with E-state index < -0.39 is 20.7 Å². The maximum Gasteiger partial charge on any atom is 0.243 e. The minimum Gasteiger partial charge on any atom is -0.399 e. The first-order valence-electron chi connectivity index (χ1n) is 5.42. The molecule has 7 heteroatoms. The Bertz CT molecular complexity index is 675. The van der Waals surface area contributed by atoms with Crippen LogP contribution in [0.2, 0.25) is 0 Å². The molecule has 0 atom stereocenters. The third-order valence-electron chi connectivity index (χ3n) is 2.43. The van der Waals surface area contributed by atoms with Crippen molar-refractivity contribution in [1.82, 2.24) is 9.71 Å². The minimum absolute atomic E-state index is 0.0417. The maximum atomic E-state index is 13.6. The molecule has 1 aromatic carbocycles. The van der Waals surface area contributed by atoms with Crippen LogP contribution in [0.5, 0.6) is 0 Å². The fourth-order valence-corrected chi connectivity index (χ4v) is 2.57. The predicted octanol–water partition coefficient (Wildman–Crippen LogP) is 1.28. The Morgan fingerprint density at radius 3 is 2.74 bits per heavy atom. The molecular formula is C12H12FN3O2S. The topological polar surface area (TPSA) is 85.1 Å². The largest absolute Gasteiger partial charge is 0.399 e. The molecule has 0 aliphatic carbocycles. The average Bonchev–Trinajstić information content (AvgIpc) is 2.37. The first kappa shape index (κ1) is 13.4. The molecule has 0 unspecified atom stereocenters. The molecule has 2 rings (SSSR count). The van der Waals surface area contributed by atoms with E-state index in [2.05, 4.69) is 9.71 Å². The van der Waals surface area contributed by atoms with Gasteiger partial charge in [-0.25, -0.2) is 17.5 Å². The lowest BCUT2D eigenvalue weighted by atomic mass is 10.3. The second-order valence-electron chi connectivity index (χ2n) is 3.88. The number of hydrogen-bond donors (Lipinski definition) is 2. The van der Waals surface area contributed by atoms with E-state index in [0.717, 1.165) is 12.1 Å². The number of aromatic nitrogens is 1. The van der Waals surface area contributed by atoms with Gasteiger partial charge in [-0.2, -0.15) is 0 Å². The van der Waals surface area contributed by atoms with Crippen LogP contribution in [0.1, 0.15) is 5.56 Å². The van der Waals surface area contributed by atoms with E-state index in [1.807, 2.05) is 0 Å². The van der Waals surface area contributed by atoms with Crippen LogP contribution in [-0.4, -0.2) is 13.4 Å². The third kappa shape index (κ3) is 3.27. The second kappa shape index (κ2) is 5.33. The zero-order valence-corrected chi connectivity index (χ0v) is 10.7. The molecule has 3 N–H and O–H groups in total. The normalized spacial score (nSPS) is 11.4. The maximum absolute atomic E-state index is 13.6. The molecular weight excluding hydrogens is 269 g/mol. The molecule has 0 amide bonds.